The van der Waals surface area contributed by atoms with Crippen LogP contribution in [0.15, 0.2) is 60.9 Å². The van der Waals surface area contributed by atoms with Crippen LogP contribution >= 0.6 is 0 Å². The quantitative estimate of drug-likeness (QED) is 0.360. The van der Waals surface area contributed by atoms with Crippen LogP contribution in [0.4, 0.5) is 5.82 Å². The van der Waals surface area contributed by atoms with E-state index in [9.17, 15) is 4.79 Å². The number of rotatable bonds is 5. The predicted octanol–water partition coefficient (Wildman–Crippen LogP) is 3.98. The molecule has 176 valence electrons. The Bertz CT molecular complexity index is 1560. The van der Waals surface area contributed by atoms with Gasteiger partial charge in [0.2, 0.25) is 0 Å². The van der Waals surface area contributed by atoms with E-state index in [1.165, 1.54) is 0 Å². The fraction of sp³-hybridized carbons (Fsp3) is 0.192. The van der Waals surface area contributed by atoms with E-state index in [0.29, 0.717) is 17.1 Å². The van der Waals surface area contributed by atoms with Crippen LogP contribution in [0.2, 0.25) is 0 Å². The first-order valence-corrected chi connectivity index (χ1v) is 11.2. The zero-order valence-corrected chi connectivity index (χ0v) is 20.0. The monoisotopic (exact) mass is 466 g/mol. The number of pyridine rings is 1. The minimum Gasteiger partial charge on any atom is -0.382 e. The normalized spacial score (nSPS) is 11.7. The van der Waals surface area contributed by atoms with Gasteiger partial charge in [-0.1, -0.05) is 12.1 Å². The van der Waals surface area contributed by atoms with Gasteiger partial charge in [0.1, 0.15) is 11.4 Å². The first-order chi connectivity index (χ1) is 16.7. The molecule has 0 radical (unpaired) electrons. The summed E-state index contributed by atoms with van der Waals surface area (Å²) in [6, 6.07) is 15.4. The van der Waals surface area contributed by atoms with Crippen LogP contribution in [0.25, 0.3) is 33.5 Å². The molecule has 9 heteroatoms. The molecule has 0 aliphatic heterocycles. The largest absolute Gasteiger partial charge is 0.382 e. The van der Waals surface area contributed by atoms with E-state index in [1.807, 2.05) is 82.5 Å². The molecule has 4 aromatic heterocycles. The van der Waals surface area contributed by atoms with E-state index in [0.717, 1.165) is 27.9 Å². The van der Waals surface area contributed by atoms with Gasteiger partial charge in [-0.25, -0.2) is 9.97 Å². The lowest BCUT2D eigenvalue weighted by atomic mass is 10.0. The summed E-state index contributed by atoms with van der Waals surface area (Å²) in [4.78, 5) is 30.4. The Balaban J connectivity index is 1.62. The summed E-state index contributed by atoms with van der Waals surface area (Å²) < 4.78 is 1.68. The highest BCUT2D eigenvalue weighted by Gasteiger charge is 2.28. The van der Waals surface area contributed by atoms with Crippen molar-refractivity contribution in [2.75, 3.05) is 5.73 Å². The van der Waals surface area contributed by atoms with Crippen molar-refractivity contribution in [3.63, 3.8) is 0 Å². The van der Waals surface area contributed by atoms with Crippen molar-refractivity contribution < 1.29 is 4.79 Å². The Morgan fingerprint density at radius 1 is 1.09 bits per heavy atom. The van der Waals surface area contributed by atoms with Crippen molar-refractivity contribution in [3.8, 4) is 22.6 Å². The third-order valence-electron chi connectivity index (χ3n) is 5.90. The Labute approximate surface area is 202 Å². The van der Waals surface area contributed by atoms with Gasteiger partial charge in [-0.05, 0) is 57.2 Å². The molecule has 0 fully saturated rings. The number of hydrogen-bond acceptors (Lipinski definition) is 6. The van der Waals surface area contributed by atoms with Gasteiger partial charge in [0, 0.05) is 41.8 Å². The number of aryl methyl sites for hydroxylation is 2. The summed E-state index contributed by atoms with van der Waals surface area (Å²) in [6.45, 7) is 5.80. The standard InChI is InChI=1S/C26H26N8O/c1-15-7-10-20(29-15)26(2,3)32-25(35)23-24(27)31-22(19-11-13-34(4)33-19)21(30-23)17-8-9-18-16(14-17)6-5-12-28-18/h5-14,29H,1-4H3,(H2,27,31)(H,32,35). The number of carbonyl (C=O) groups is 1. The Hall–Kier alpha value is -4.53. The fourth-order valence-corrected chi connectivity index (χ4v) is 4.04. The van der Waals surface area contributed by atoms with E-state index in [-0.39, 0.29) is 11.5 Å². The van der Waals surface area contributed by atoms with Gasteiger partial charge in [-0.2, -0.15) is 5.10 Å². The molecule has 35 heavy (non-hydrogen) atoms. The van der Waals surface area contributed by atoms with Crippen molar-refractivity contribution in [1.82, 2.24) is 35.0 Å². The summed E-state index contributed by atoms with van der Waals surface area (Å²) in [7, 11) is 1.83. The van der Waals surface area contributed by atoms with Gasteiger partial charge in [-0.3, -0.25) is 14.5 Å². The van der Waals surface area contributed by atoms with Gasteiger partial charge < -0.3 is 16.0 Å². The third kappa shape index (κ3) is 4.23. The molecular weight excluding hydrogens is 440 g/mol. The molecule has 0 saturated heterocycles. The zero-order valence-electron chi connectivity index (χ0n) is 20.0. The Morgan fingerprint density at radius 3 is 2.63 bits per heavy atom. The number of H-pyrrole nitrogens is 1. The highest BCUT2D eigenvalue weighted by molar-refractivity contribution is 5.98. The number of amides is 1. The Kier molecular flexibility index (Phi) is 5.32. The maximum Gasteiger partial charge on any atom is 0.274 e. The molecule has 0 aliphatic rings. The zero-order chi connectivity index (χ0) is 24.7. The maximum atomic E-state index is 13.4. The van der Waals surface area contributed by atoms with Crippen LogP contribution < -0.4 is 11.1 Å². The molecule has 4 heterocycles. The summed E-state index contributed by atoms with van der Waals surface area (Å²) >= 11 is 0. The molecule has 5 rings (SSSR count). The lowest BCUT2D eigenvalue weighted by Gasteiger charge is -2.25. The van der Waals surface area contributed by atoms with Crippen molar-refractivity contribution in [3.05, 3.63) is 78.0 Å². The average Bonchev–Trinajstić information content (AvgIpc) is 3.47. The molecule has 9 nitrogen and oxygen atoms in total. The van der Waals surface area contributed by atoms with Crippen molar-refractivity contribution in [1.29, 1.82) is 0 Å². The second-order valence-electron chi connectivity index (χ2n) is 9.07. The highest BCUT2D eigenvalue weighted by Crippen LogP contribution is 2.32. The molecule has 1 amide bonds. The molecule has 5 aromatic rings. The van der Waals surface area contributed by atoms with Crippen molar-refractivity contribution in [2.24, 2.45) is 7.05 Å². The van der Waals surface area contributed by atoms with E-state index >= 15 is 0 Å². The van der Waals surface area contributed by atoms with E-state index in [4.69, 9.17) is 10.7 Å². The number of aromatic amines is 1. The minimum absolute atomic E-state index is 0.0350. The first-order valence-electron chi connectivity index (χ1n) is 11.2. The number of nitrogens with zero attached hydrogens (tertiary/aromatic N) is 5. The topological polar surface area (TPSA) is 127 Å². The van der Waals surface area contributed by atoms with E-state index in [2.05, 4.69) is 25.4 Å². The number of fused-ring (bicyclic) bond motifs is 1. The second kappa shape index (κ2) is 8.35. The minimum atomic E-state index is -0.673. The smallest absolute Gasteiger partial charge is 0.274 e. The fourth-order valence-electron chi connectivity index (χ4n) is 4.04. The lowest BCUT2D eigenvalue weighted by Crippen LogP contribution is -2.42. The number of benzene rings is 1. The van der Waals surface area contributed by atoms with Crippen LogP contribution in [0.1, 0.15) is 35.7 Å². The van der Waals surface area contributed by atoms with Gasteiger partial charge in [0.15, 0.2) is 11.5 Å². The van der Waals surface area contributed by atoms with Crippen molar-refractivity contribution >= 4 is 22.6 Å². The summed E-state index contributed by atoms with van der Waals surface area (Å²) in [5.41, 5.74) is 10.8. The third-order valence-corrected chi connectivity index (χ3v) is 5.90. The van der Waals surface area contributed by atoms with Gasteiger partial charge in [0.25, 0.3) is 5.91 Å². The number of aromatic nitrogens is 6. The molecule has 0 saturated carbocycles. The van der Waals surface area contributed by atoms with Crippen LogP contribution in [0.5, 0.6) is 0 Å². The summed E-state index contributed by atoms with van der Waals surface area (Å²) in [5.74, 6) is -0.378. The maximum absolute atomic E-state index is 13.4. The first kappa shape index (κ1) is 22.3. The second-order valence-corrected chi connectivity index (χ2v) is 9.07. The van der Waals surface area contributed by atoms with Crippen LogP contribution in [0, 0.1) is 6.92 Å². The molecule has 0 bridgehead atoms. The predicted molar refractivity (Wildman–Crippen MR) is 135 cm³/mol. The molecule has 1 aromatic carbocycles. The highest BCUT2D eigenvalue weighted by atomic mass is 16.2. The number of anilines is 1. The molecule has 4 N–H and O–H groups in total. The number of nitrogen functional groups attached to an aromatic ring is 1. The van der Waals surface area contributed by atoms with Gasteiger partial charge >= 0.3 is 0 Å². The van der Waals surface area contributed by atoms with E-state index < -0.39 is 11.4 Å². The Morgan fingerprint density at radius 2 is 1.91 bits per heavy atom. The van der Waals surface area contributed by atoms with Crippen LogP contribution in [-0.4, -0.2) is 35.6 Å². The number of nitrogens with two attached hydrogens (primary N) is 1. The average molecular weight is 467 g/mol. The van der Waals surface area contributed by atoms with Crippen molar-refractivity contribution in [2.45, 2.75) is 26.3 Å². The van der Waals surface area contributed by atoms with Gasteiger partial charge in [-0.15, -0.1) is 0 Å². The van der Waals surface area contributed by atoms with Crippen LogP contribution in [-0.2, 0) is 12.6 Å². The van der Waals surface area contributed by atoms with Gasteiger partial charge in [0.05, 0.1) is 16.7 Å². The number of carbonyl (C=O) groups excluding carboxylic acids is 1. The number of hydrogen-bond donors (Lipinski definition) is 3. The summed E-state index contributed by atoms with van der Waals surface area (Å²) in [5, 5.41) is 8.47. The van der Waals surface area contributed by atoms with Crippen LogP contribution in [0.3, 0.4) is 0 Å². The molecule has 0 unspecified atom stereocenters. The number of nitrogens with one attached hydrogen (secondary N) is 2. The summed E-state index contributed by atoms with van der Waals surface area (Å²) in [6.07, 6.45) is 3.57. The molecule has 0 aliphatic carbocycles. The molecular formula is C26H26N8O. The van der Waals surface area contributed by atoms with E-state index in [1.54, 1.807) is 10.9 Å². The molecule has 0 atom stereocenters. The SMILES string of the molecule is Cc1ccc(C(C)(C)NC(=O)c2nc(-c3ccc4ncccc4c3)c(-c3ccn(C)n3)nc2N)[nH]1. The molecule has 0 spiro atoms. The lowest BCUT2D eigenvalue weighted by molar-refractivity contribution is 0.0906.